The summed E-state index contributed by atoms with van der Waals surface area (Å²) in [5.41, 5.74) is 5.00. The van der Waals surface area contributed by atoms with Gasteiger partial charge in [-0.05, 0) is 111 Å². The summed E-state index contributed by atoms with van der Waals surface area (Å²) in [7, 11) is -8.51. The van der Waals surface area contributed by atoms with Gasteiger partial charge in [0.05, 0.1) is 64.2 Å². The highest BCUT2D eigenvalue weighted by Gasteiger charge is 2.33. The Labute approximate surface area is 443 Å². The monoisotopic (exact) mass is 1100 g/mol. The van der Waals surface area contributed by atoms with E-state index in [0.717, 1.165) is 23.3 Å². The molecule has 6 heterocycles. The van der Waals surface area contributed by atoms with Crippen LogP contribution in [-0.2, 0) is 29.3 Å². The Hall–Kier alpha value is -7.24. The predicted molar refractivity (Wildman–Crippen MR) is 289 cm³/mol. The van der Waals surface area contributed by atoms with Crippen molar-refractivity contribution >= 4 is 82.5 Å². The molecule has 10 rings (SSSR count). The highest BCUT2D eigenvalue weighted by molar-refractivity contribution is 7.91. The lowest BCUT2D eigenvalue weighted by atomic mass is 9.99. The number of aromatic amines is 1. The van der Waals surface area contributed by atoms with Crippen LogP contribution in [0, 0.1) is 22.9 Å². The number of sulfonamides is 1. The Kier molecular flexibility index (Phi) is 14.5. The van der Waals surface area contributed by atoms with Crippen molar-refractivity contribution in [3.05, 3.63) is 129 Å². The SMILES string of the molecule is Cc1c(S(C)(=O)=O)c(-c2cc(F)cc(N3CCN(c4ccc(C(=O)NS(=O)(=O)c5ccc(NCC6COCCO6)c([N+](=O)[O-])c5)c(N5CCCOc6nc7[nH]ccc7cc65)c4)CC3)c2)c(-c2ccc(Cl)cc2)n1C(C)C. The van der Waals surface area contributed by atoms with Gasteiger partial charge in [-0.3, -0.25) is 14.9 Å². The maximum atomic E-state index is 16.0. The second kappa shape index (κ2) is 21.1. The van der Waals surface area contributed by atoms with Crippen molar-refractivity contribution in [3.63, 3.8) is 0 Å². The number of nitrogens with zero attached hydrogens (tertiary/aromatic N) is 6. The van der Waals surface area contributed by atoms with Crippen molar-refractivity contribution in [2.45, 2.75) is 49.1 Å². The zero-order chi connectivity index (χ0) is 53.6. The van der Waals surface area contributed by atoms with Crippen LogP contribution in [0.3, 0.4) is 0 Å². The van der Waals surface area contributed by atoms with Gasteiger partial charge in [-0.2, -0.15) is 4.98 Å². The molecule has 398 valence electrons. The van der Waals surface area contributed by atoms with Crippen LogP contribution in [0.2, 0.25) is 5.02 Å². The molecule has 4 aromatic carbocycles. The fraction of sp³-hybridized carbons (Fsp3) is 0.321. The van der Waals surface area contributed by atoms with Gasteiger partial charge < -0.3 is 43.8 Å². The second-order valence-corrected chi connectivity index (χ2v) is 23.2. The summed E-state index contributed by atoms with van der Waals surface area (Å²) in [6.45, 7) is 9.39. The van der Waals surface area contributed by atoms with Gasteiger partial charge in [-0.25, -0.2) is 25.9 Å². The van der Waals surface area contributed by atoms with Gasteiger partial charge in [0.15, 0.2) is 9.84 Å². The molecule has 0 radical (unpaired) electrons. The van der Waals surface area contributed by atoms with Gasteiger partial charge in [0.25, 0.3) is 21.6 Å². The van der Waals surface area contributed by atoms with E-state index >= 15 is 4.39 Å². The van der Waals surface area contributed by atoms with Gasteiger partial charge in [0.1, 0.15) is 22.8 Å². The molecule has 0 bridgehead atoms. The van der Waals surface area contributed by atoms with Crippen molar-refractivity contribution in [2.75, 3.05) is 92.0 Å². The Morgan fingerprint density at radius 3 is 2.34 bits per heavy atom. The van der Waals surface area contributed by atoms with Gasteiger partial charge in [-0.1, -0.05) is 23.7 Å². The Morgan fingerprint density at radius 2 is 1.64 bits per heavy atom. The Morgan fingerprint density at radius 1 is 0.895 bits per heavy atom. The minimum atomic E-state index is -4.69. The lowest BCUT2D eigenvalue weighted by Crippen LogP contribution is -2.46. The van der Waals surface area contributed by atoms with E-state index in [9.17, 15) is 31.7 Å². The number of hydrogen-bond donors (Lipinski definition) is 3. The quantitative estimate of drug-likeness (QED) is 0.0683. The van der Waals surface area contributed by atoms with Crippen LogP contribution in [0.1, 0.15) is 42.4 Å². The van der Waals surface area contributed by atoms with Crippen LogP contribution < -0.4 is 29.5 Å². The molecular formula is C53H55ClFN9O10S2. The van der Waals surface area contributed by atoms with Crippen molar-refractivity contribution < 1.29 is 45.2 Å². The molecule has 3 aliphatic rings. The number of hydrogen-bond acceptors (Lipinski definition) is 15. The lowest BCUT2D eigenvalue weighted by molar-refractivity contribution is -0.384. The molecular weight excluding hydrogens is 1040 g/mol. The van der Waals surface area contributed by atoms with E-state index in [-0.39, 0.29) is 34.8 Å². The van der Waals surface area contributed by atoms with Crippen LogP contribution in [0.5, 0.6) is 5.88 Å². The second-order valence-electron chi connectivity index (χ2n) is 19.2. The molecule has 1 atom stereocenters. The number of H-pyrrole nitrogens is 1. The fourth-order valence-corrected chi connectivity index (χ4v) is 12.6. The first-order valence-electron chi connectivity index (χ1n) is 24.7. The van der Waals surface area contributed by atoms with Gasteiger partial charge in [-0.15, -0.1) is 0 Å². The summed E-state index contributed by atoms with van der Waals surface area (Å²) >= 11 is 6.29. The minimum absolute atomic E-state index is 0.00396. The summed E-state index contributed by atoms with van der Waals surface area (Å²) in [5.74, 6) is -1.21. The number of carbonyl (C=O) groups is 1. The first-order valence-corrected chi connectivity index (χ1v) is 28.4. The summed E-state index contributed by atoms with van der Waals surface area (Å²) in [4.78, 5) is 39.5. The first kappa shape index (κ1) is 52.2. The number of fused-ring (bicyclic) bond motifs is 2. The average molecular weight is 1100 g/mol. The minimum Gasteiger partial charge on any atom is -0.476 e. The third kappa shape index (κ3) is 10.5. The molecule has 3 aromatic heterocycles. The van der Waals surface area contributed by atoms with E-state index in [1.807, 2.05) is 64.6 Å². The van der Waals surface area contributed by atoms with E-state index in [4.69, 9.17) is 30.8 Å². The third-order valence-electron chi connectivity index (χ3n) is 13.7. The molecule has 19 nitrogen and oxygen atoms in total. The number of rotatable bonds is 14. The summed E-state index contributed by atoms with van der Waals surface area (Å²) in [6, 6.07) is 23.8. The number of ether oxygens (including phenoxy) is 3. The molecule has 23 heteroatoms. The largest absolute Gasteiger partial charge is 0.476 e. The number of carbonyl (C=O) groups excluding carboxylic acids is 1. The van der Waals surface area contributed by atoms with Gasteiger partial charge >= 0.3 is 0 Å². The number of nitro groups is 1. The van der Waals surface area contributed by atoms with E-state index in [1.54, 1.807) is 37.4 Å². The van der Waals surface area contributed by atoms with Crippen molar-refractivity contribution in [1.29, 1.82) is 0 Å². The molecule has 0 aliphatic carbocycles. The lowest BCUT2D eigenvalue weighted by Gasteiger charge is -2.38. The fourth-order valence-electron chi connectivity index (χ4n) is 10.3. The van der Waals surface area contributed by atoms with Crippen molar-refractivity contribution in [1.82, 2.24) is 19.3 Å². The zero-order valence-corrected chi connectivity index (χ0v) is 44.4. The molecule has 3 N–H and O–H groups in total. The maximum Gasteiger partial charge on any atom is 0.293 e. The van der Waals surface area contributed by atoms with E-state index in [0.29, 0.717) is 127 Å². The molecule has 1 unspecified atom stereocenters. The van der Waals surface area contributed by atoms with Crippen LogP contribution >= 0.6 is 11.6 Å². The van der Waals surface area contributed by atoms with E-state index < -0.39 is 47.1 Å². The molecule has 1 amide bonds. The zero-order valence-electron chi connectivity index (χ0n) is 42.0. The Balaban J connectivity index is 0.962. The van der Waals surface area contributed by atoms with Crippen LogP contribution in [0.15, 0.2) is 107 Å². The number of sulfone groups is 1. The number of halogens is 2. The van der Waals surface area contributed by atoms with E-state index in [1.165, 1.54) is 24.3 Å². The number of nitrogens with one attached hydrogen (secondary N) is 3. The summed E-state index contributed by atoms with van der Waals surface area (Å²) in [6.07, 6.45) is 3.07. The van der Waals surface area contributed by atoms with E-state index in [2.05, 4.69) is 19.9 Å². The highest BCUT2D eigenvalue weighted by Crippen LogP contribution is 2.45. The summed E-state index contributed by atoms with van der Waals surface area (Å²) in [5, 5.41) is 16.5. The number of benzene rings is 4. The van der Waals surface area contributed by atoms with Gasteiger partial charge in [0, 0.05) is 96.9 Å². The number of piperazine rings is 1. The maximum absolute atomic E-state index is 16.0. The third-order valence-corrected chi connectivity index (χ3v) is 16.6. The standard InChI is InChI=1S/C53H55ClFN9O10S2/c1-32(2)63-33(3)50(75(4,68)69)48(49(63)34-6-8-37(54)9-7-34)36-24-38(55)27-40(25-36)61-19-17-60(18-20-61)39-10-12-43(45(28-39)62-16-5-21-74-53-47(62)26-35-14-15-56-51(35)58-53)52(65)59-76(70,71)42-11-13-44(46(29-42)64(66)67)57-30-41-31-72-22-23-73-41/h6-15,24-29,32,41,57H,5,16-23,30-31H2,1-4H3,(H,56,58)(H,59,65). The van der Waals surface area contributed by atoms with Crippen LogP contribution in [0.4, 0.5) is 38.5 Å². The number of aromatic nitrogens is 3. The Bertz CT molecular complexity index is 3620. The molecule has 0 spiro atoms. The smallest absolute Gasteiger partial charge is 0.293 e. The highest BCUT2D eigenvalue weighted by atomic mass is 35.5. The number of anilines is 5. The molecule has 76 heavy (non-hydrogen) atoms. The van der Waals surface area contributed by atoms with Crippen LogP contribution in [0.25, 0.3) is 33.4 Å². The molecule has 2 saturated heterocycles. The number of amides is 1. The molecule has 0 saturated carbocycles. The van der Waals surface area contributed by atoms with Gasteiger partial charge in [0.2, 0.25) is 5.88 Å². The van der Waals surface area contributed by atoms with Crippen LogP contribution in [-0.4, -0.2) is 120 Å². The molecule has 7 aromatic rings. The van der Waals surface area contributed by atoms with Crippen molar-refractivity contribution in [2.24, 2.45) is 0 Å². The van der Waals surface area contributed by atoms with Crippen molar-refractivity contribution in [3.8, 4) is 28.3 Å². The topological polar surface area (TPSA) is 224 Å². The molecule has 3 aliphatic heterocycles. The number of nitro benzene ring substituents is 1. The average Bonchev–Trinajstić information content (AvgIpc) is 3.93. The summed E-state index contributed by atoms with van der Waals surface area (Å²) < 4.78 is 92.7. The predicted octanol–water partition coefficient (Wildman–Crippen LogP) is 8.89. The molecule has 2 fully saturated rings. The first-order chi connectivity index (χ1) is 36.3. The normalized spacial score (nSPS) is 16.4. The number of pyridine rings is 1.